The predicted molar refractivity (Wildman–Crippen MR) is 126 cm³/mol. The van der Waals surface area contributed by atoms with Crippen molar-refractivity contribution in [3.63, 3.8) is 0 Å². The first-order valence-corrected chi connectivity index (χ1v) is 11.1. The van der Waals surface area contributed by atoms with Crippen molar-refractivity contribution < 1.29 is 14.5 Å². The number of rotatable bonds is 5. The van der Waals surface area contributed by atoms with E-state index in [1.807, 2.05) is 6.92 Å². The number of carbonyl (C=O) groups excluding carboxylic acids is 2. The van der Waals surface area contributed by atoms with Crippen molar-refractivity contribution in [2.45, 2.75) is 13.5 Å². The van der Waals surface area contributed by atoms with Gasteiger partial charge in [0.05, 0.1) is 22.0 Å². The van der Waals surface area contributed by atoms with Crippen LogP contribution in [0.4, 0.5) is 5.69 Å². The molecule has 0 aliphatic rings. The van der Waals surface area contributed by atoms with Crippen LogP contribution in [0.2, 0.25) is 10.0 Å². The average Bonchev–Trinajstić information content (AvgIpc) is 3.35. The van der Waals surface area contributed by atoms with Gasteiger partial charge in [-0.1, -0.05) is 29.3 Å². The van der Waals surface area contributed by atoms with Crippen LogP contribution in [0.1, 0.15) is 31.3 Å². The number of hydrogen-bond donors (Lipinski definition) is 2. The third-order valence-corrected chi connectivity index (χ3v) is 6.69. The Morgan fingerprint density at radius 3 is 2.36 bits per heavy atom. The van der Waals surface area contributed by atoms with Crippen LogP contribution in [0.5, 0.6) is 0 Å². The van der Waals surface area contributed by atoms with E-state index in [2.05, 4.69) is 16.0 Å². The van der Waals surface area contributed by atoms with Crippen molar-refractivity contribution in [3.8, 4) is 0 Å². The molecule has 4 rings (SSSR count). The second-order valence-electron chi connectivity index (χ2n) is 6.98. The van der Waals surface area contributed by atoms with Crippen LogP contribution in [0, 0.1) is 17.0 Å². The van der Waals surface area contributed by atoms with E-state index in [9.17, 15) is 19.7 Å². The Balaban J connectivity index is 1.49. The molecule has 2 aromatic heterocycles. The minimum atomic E-state index is -0.602. The number of hydrazine groups is 1. The maximum Gasteiger partial charge on any atom is 0.279 e. The first-order valence-electron chi connectivity index (χ1n) is 9.49. The lowest BCUT2D eigenvalue weighted by Crippen LogP contribution is -2.41. The van der Waals surface area contributed by atoms with Crippen LogP contribution in [-0.2, 0) is 6.54 Å². The lowest BCUT2D eigenvalue weighted by Gasteiger charge is -2.08. The summed E-state index contributed by atoms with van der Waals surface area (Å²) in [6, 6.07) is 12.0. The highest BCUT2D eigenvalue weighted by atomic mass is 35.5. The Bertz CT molecular complexity index is 1380. The zero-order chi connectivity index (χ0) is 23.7. The highest BCUT2D eigenvalue weighted by molar-refractivity contribution is 7.20. The van der Waals surface area contributed by atoms with Gasteiger partial charge < -0.3 is 0 Å². The van der Waals surface area contributed by atoms with Crippen LogP contribution in [0.3, 0.4) is 0 Å². The van der Waals surface area contributed by atoms with Crippen molar-refractivity contribution in [3.05, 3.63) is 90.4 Å². The van der Waals surface area contributed by atoms with Gasteiger partial charge in [0.1, 0.15) is 4.83 Å². The Morgan fingerprint density at radius 2 is 1.73 bits per heavy atom. The molecule has 0 aliphatic carbocycles. The Hall–Kier alpha value is -3.47. The van der Waals surface area contributed by atoms with Gasteiger partial charge in [-0.15, -0.1) is 11.3 Å². The minimum absolute atomic E-state index is 0.136. The number of nitrogens with zero attached hydrogens (tertiary/aromatic N) is 3. The van der Waals surface area contributed by atoms with Crippen LogP contribution >= 0.6 is 34.5 Å². The molecule has 12 heteroatoms. The fourth-order valence-electron chi connectivity index (χ4n) is 3.15. The molecule has 0 fully saturated rings. The Labute approximate surface area is 201 Å². The summed E-state index contributed by atoms with van der Waals surface area (Å²) in [6.45, 7) is 2.17. The monoisotopic (exact) mass is 503 g/mol. The van der Waals surface area contributed by atoms with E-state index in [4.69, 9.17) is 23.2 Å². The number of carbonyl (C=O) groups is 2. The average molecular weight is 504 g/mol. The van der Waals surface area contributed by atoms with E-state index >= 15 is 0 Å². The van der Waals surface area contributed by atoms with Gasteiger partial charge in [-0.05, 0) is 37.3 Å². The highest BCUT2D eigenvalue weighted by Crippen LogP contribution is 2.31. The number of nitro benzene ring substituents is 1. The van der Waals surface area contributed by atoms with Gasteiger partial charge in [-0.25, -0.2) is 4.68 Å². The molecule has 0 atom stereocenters. The molecule has 0 aliphatic heterocycles. The molecular formula is C21H15Cl2N5O4S. The van der Waals surface area contributed by atoms with Crippen molar-refractivity contribution >= 4 is 62.3 Å². The number of thiophene rings is 1. The molecule has 2 aromatic carbocycles. The summed E-state index contributed by atoms with van der Waals surface area (Å²) >= 11 is 13.8. The molecule has 168 valence electrons. The van der Waals surface area contributed by atoms with E-state index in [0.717, 1.165) is 21.5 Å². The standard InChI is InChI=1S/C21H15Cl2N5O4S/c1-11-14-9-18(20(30)25-24-19(29)12-5-7-13(8-6-12)28(31)32)33-21(14)27(26-11)10-15-16(22)3-2-4-17(15)23/h2-9H,10H2,1H3,(H,24,29)(H,25,30). The molecule has 33 heavy (non-hydrogen) atoms. The zero-order valence-electron chi connectivity index (χ0n) is 17.0. The zero-order valence-corrected chi connectivity index (χ0v) is 19.3. The lowest BCUT2D eigenvalue weighted by molar-refractivity contribution is -0.384. The molecule has 4 aromatic rings. The largest absolute Gasteiger partial charge is 0.279 e. The quantitative estimate of drug-likeness (QED) is 0.301. The molecule has 0 saturated carbocycles. The molecular weight excluding hydrogens is 489 g/mol. The van der Waals surface area contributed by atoms with Gasteiger partial charge in [0.2, 0.25) is 0 Å². The summed E-state index contributed by atoms with van der Waals surface area (Å²) < 4.78 is 1.73. The SMILES string of the molecule is Cc1nn(Cc2c(Cl)cccc2Cl)c2sc(C(=O)NNC(=O)c3ccc([N+](=O)[O-])cc3)cc12. The van der Waals surface area contributed by atoms with Crippen LogP contribution in [0.15, 0.2) is 48.5 Å². The minimum Gasteiger partial charge on any atom is -0.267 e. The predicted octanol–water partition coefficient (Wildman–Crippen LogP) is 4.74. The van der Waals surface area contributed by atoms with E-state index in [1.54, 1.807) is 28.9 Å². The van der Waals surface area contributed by atoms with Crippen LogP contribution in [-0.4, -0.2) is 26.5 Å². The summed E-state index contributed by atoms with van der Waals surface area (Å²) in [7, 11) is 0. The third kappa shape index (κ3) is 4.68. The molecule has 0 bridgehead atoms. The fraction of sp³-hybridized carbons (Fsp3) is 0.0952. The number of aryl methyl sites for hydroxylation is 1. The Morgan fingerprint density at radius 1 is 1.09 bits per heavy atom. The number of nitro groups is 1. The smallest absolute Gasteiger partial charge is 0.267 e. The normalized spacial score (nSPS) is 10.9. The number of nitrogens with one attached hydrogen (secondary N) is 2. The summed E-state index contributed by atoms with van der Waals surface area (Å²) in [5.41, 5.74) is 6.15. The summed E-state index contributed by atoms with van der Waals surface area (Å²) in [4.78, 5) is 36.1. The number of fused-ring (bicyclic) bond motifs is 1. The molecule has 0 saturated heterocycles. The van der Waals surface area contributed by atoms with Gasteiger partial charge in [-0.3, -0.25) is 30.6 Å². The van der Waals surface area contributed by atoms with Gasteiger partial charge in [0.25, 0.3) is 17.5 Å². The molecule has 2 N–H and O–H groups in total. The fourth-order valence-corrected chi connectivity index (χ4v) is 4.72. The van der Waals surface area contributed by atoms with Gasteiger partial charge >= 0.3 is 0 Å². The molecule has 2 heterocycles. The van der Waals surface area contributed by atoms with Gasteiger partial charge in [-0.2, -0.15) is 5.10 Å². The number of halogens is 2. The van der Waals surface area contributed by atoms with Gasteiger partial charge in [0.15, 0.2) is 0 Å². The first kappa shape index (κ1) is 22.7. The van der Waals surface area contributed by atoms with Crippen molar-refractivity contribution in [2.75, 3.05) is 0 Å². The number of aromatic nitrogens is 2. The summed E-state index contributed by atoms with van der Waals surface area (Å²) in [6.07, 6.45) is 0. The molecule has 9 nitrogen and oxygen atoms in total. The lowest BCUT2D eigenvalue weighted by atomic mass is 10.2. The molecule has 2 amide bonds. The second kappa shape index (κ2) is 9.18. The molecule has 0 unspecified atom stereocenters. The Kier molecular flexibility index (Phi) is 6.32. The number of amides is 2. The number of hydrogen-bond acceptors (Lipinski definition) is 6. The van der Waals surface area contributed by atoms with E-state index in [-0.39, 0.29) is 11.3 Å². The maximum absolute atomic E-state index is 12.6. The van der Waals surface area contributed by atoms with Gasteiger partial charge in [0, 0.05) is 38.7 Å². The number of non-ortho nitro benzene ring substituents is 1. The van der Waals surface area contributed by atoms with Crippen molar-refractivity contribution in [1.29, 1.82) is 0 Å². The van der Waals surface area contributed by atoms with Crippen molar-refractivity contribution in [1.82, 2.24) is 20.6 Å². The van der Waals surface area contributed by atoms with Crippen LogP contribution in [0.25, 0.3) is 10.2 Å². The van der Waals surface area contributed by atoms with Crippen molar-refractivity contribution in [2.24, 2.45) is 0 Å². The second-order valence-corrected chi connectivity index (χ2v) is 8.83. The topological polar surface area (TPSA) is 119 Å². The maximum atomic E-state index is 12.6. The summed E-state index contributed by atoms with van der Waals surface area (Å²) in [5, 5.41) is 17.1. The van der Waals surface area contributed by atoms with E-state index in [0.29, 0.717) is 21.5 Å². The van der Waals surface area contributed by atoms with Crippen LogP contribution < -0.4 is 10.9 Å². The molecule has 0 spiro atoms. The molecule has 0 radical (unpaired) electrons. The third-order valence-electron chi connectivity index (χ3n) is 4.83. The highest BCUT2D eigenvalue weighted by Gasteiger charge is 2.18. The van der Waals surface area contributed by atoms with E-state index < -0.39 is 16.7 Å². The number of benzene rings is 2. The summed E-state index contributed by atoms with van der Waals surface area (Å²) in [5.74, 6) is -1.11. The van der Waals surface area contributed by atoms with E-state index in [1.165, 1.54) is 35.6 Å². The first-order chi connectivity index (χ1) is 15.7.